The predicted octanol–water partition coefficient (Wildman–Crippen LogP) is 3.25. The van der Waals surface area contributed by atoms with Gasteiger partial charge < -0.3 is 14.6 Å². The van der Waals surface area contributed by atoms with Gasteiger partial charge in [0.1, 0.15) is 5.75 Å². The molecule has 0 bridgehead atoms. The van der Waals surface area contributed by atoms with Crippen molar-refractivity contribution in [1.82, 2.24) is 0 Å². The van der Waals surface area contributed by atoms with Gasteiger partial charge in [0.05, 0.1) is 23.9 Å². The van der Waals surface area contributed by atoms with Gasteiger partial charge in [0.2, 0.25) is 0 Å². The number of hydrogen-bond donors (Lipinski definition) is 1. The minimum Gasteiger partial charge on any atom is -0.493 e. The van der Waals surface area contributed by atoms with E-state index in [-0.39, 0.29) is 17.1 Å². The van der Waals surface area contributed by atoms with E-state index in [1.807, 2.05) is 12.1 Å². The first-order chi connectivity index (χ1) is 9.28. The van der Waals surface area contributed by atoms with Gasteiger partial charge in [-0.15, -0.1) is 0 Å². The summed E-state index contributed by atoms with van der Waals surface area (Å²) >= 11 is 0. The second kappa shape index (κ2) is 4.47. The summed E-state index contributed by atoms with van der Waals surface area (Å²) < 4.78 is 11.6. The van der Waals surface area contributed by atoms with Gasteiger partial charge in [-0.3, -0.25) is 0 Å². The minimum absolute atomic E-state index is 0.109. The zero-order valence-corrected chi connectivity index (χ0v) is 12.8. The second-order valence-electron chi connectivity index (χ2n) is 7.19. The van der Waals surface area contributed by atoms with Crippen LogP contribution in [0.4, 0.5) is 0 Å². The van der Waals surface area contributed by atoms with Gasteiger partial charge in [0.25, 0.3) is 0 Å². The van der Waals surface area contributed by atoms with Gasteiger partial charge in [0, 0.05) is 12.3 Å². The molecule has 2 atom stereocenters. The Morgan fingerprint density at radius 3 is 2.65 bits per heavy atom. The molecule has 2 unspecified atom stereocenters. The molecule has 0 spiro atoms. The topological polar surface area (TPSA) is 38.7 Å². The Morgan fingerprint density at radius 2 is 2.00 bits per heavy atom. The summed E-state index contributed by atoms with van der Waals surface area (Å²) in [6.45, 7) is 9.09. The van der Waals surface area contributed by atoms with Gasteiger partial charge in [-0.2, -0.15) is 0 Å². The third-order valence-electron chi connectivity index (χ3n) is 4.58. The Labute approximate surface area is 120 Å². The zero-order chi connectivity index (χ0) is 14.5. The van der Waals surface area contributed by atoms with Crippen LogP contribution in [0.3, 0.4) is 0 Å². The standard InChI is InChI=1S/C17H24O3/c1-16(2)10-13(17(3,4)20-16)15(18)12-5-6-14-11(9-12)7-8-19-14/h5-6,9,13,15,18H,7-8,10H2,1-4H3. The van der Waals surface area contributed by atoms with E-state index in [0.717, 1.165) is 30.8 Å². The van der Waals surface area contributed by atoms with Crippen molar-refractivity contribution in [2.75, 3.05) is 6.61 Å². The molecular weight excluding hydrogens is 252 g/mol. The van der Waals surface area contributed by atoms with Gasteiger partial charge in [-0.25, -0.2) is 0 Å². The van der Waals surface area contributed by atoms with Gasteiger partial charge in [-0.1, -0.05) is 6.07 Å². The van der Waals surface area contributed by atoms with Crippen LogP contribution in [0.1, 0.15) is 51.3 Å². The van der Waals surface area contributed by atoms with E-state index in [0.29, 0.717) is 0 Å². The van der Waals surface area contributed by atoms with Crippen LogP contribution in [0.2, 0.25) is 0 Å². The molecule has 1 aromatic rings. The van der Waals surface area contributed by atoms with Gasteiger partial charge in [-0.05, 0) is 57.4 Å². The first-order valence-electron chi connectivity index (χ1n) is 7.42. The molecule has 0 saturated carbocycles. The summed E-state index contributed by atoms with van der Waals surface area (Å²) in [5, 5.41) is 10.8. The SMILES string of the molecule is CC1(C)CC(C(O)c2ccc3c(c2)CCO3)C(C)(C)O1. The molecule has 1 fully saturated rings. The predicted molar refractivity (Wildman–Crippen MR) is 78.0 cm³/mol. The van der Waals surface area contributed by atoms with Crippen molar-refractivity contribution in [2.45, 2.75) is 57.8 Å². The third kappa shape index (κ3) is 2.33. The van der Waals surface area contributed by atoms with Crippen molar-refractivity contribution >= 4 is 0 Å². The molecule has 1 N–H and O–H groups in total. The first kappa shape index (κ1) is 13.9. The van der Waals surface area contributed by atoms with Crippen LogP contribution in [-0.4, -0.2) is 22.9 Å². The van der Waals surface area contributed by atoms with E-state index in [9.17, 15) is 5.11 Å². The second-order valence-corrected chi connectivity index (χ2v) is 7.19. The number of hydrogen-bond acceptors (Lipinski definition) is 3. The maximum atomic E-state index is 10.8. The number of ether oxygens (including phenoxy) is 2. The highest BCUT2D eigenvalue weighted by Gasteiger charge is 2.49. The largest absolute Gasteiger partial charge is 0.493 e. The van der Waals surface area contributed by atoms with Crippen LogP contribution in [0.15, 0.2) is 18.2 Å². The fourth-order valence-corrected chi connectivity index (χ4v) is 3.72. The first-order valence-corrected chi connectivity index (χ1v) is 7.42. The molecule has 2 aliphatic rings. The van der Waals surface area contributed by atoms with Crippen LogP contribution in [0, 0.1) is 5.92 Å². The van der Waals surface area contributed by atoms with E-state index in [1.165, 1.54) is 5.56 Å². The molecule has 3 nitrogen and oxygen atoms in total. The Hall–Kier alpha value is -1.06. The molecule has 2 heterocycles. The van der Waals surface area contributed by atoms with E-state index in [2.05, 4.69) is 33.8 Å². The minimum atomic E-state index is -0.488. The van der Waals surface area contributed by atoms with Crippen LogP contribution in [-0.2, 0) is 11.2 Å². The van der Waals surface area contributed by atoms with Crippen molar-refractivity contribution in [3.8, 4) is 5.75 Å². The lowest BCUT2D eigenvalue weighted by Crippen LogP contribution is -2.32. The number of benzene rings is 1. The highest BCUT2D eigenvalue weighted by Crippen LogP contribution is 2.48. The highest BCUT2D eigenvalue weighted by atomic mass is 16.5. The Bertz CT molecular complexity index is 519. The Balaban J connectivity index is 1.87. The smallest absolute Gasteiger partial charge is 0.122 e. The van der Waals surface area contributed by atoms with Crippen molar-refractivity contribution in [2.24, 2.45) is 5.92 Å². The van der Waals surface area contributed by atoms with Gasteiger partial charge in [0.15, 0.2) is 0 Å². The third-order valence-corrected chi connectivity index (χ3v) is 4.58. The quantitative estimate of drug-likeness (QED) is 0.901. The van der Waals surface area contributed by atoms with Crippen molar-refractivity contribution in [3.05, 3.63) is 29.3 Å². The van der Waals surface area contributed by atoms with E-state index >= 15 is 0 Å². The molecule has 110 valence electrons. The summed E-state index contributed by atoms with van der Waals surface area (Å²) in [5.41, 5.74) is 1.71. The number of fused-ring (bicyclic) bond motifs is 1. The fourth-order valence-electron chi connectivity index (χ4n) is 3.72. The van der Waals surface area contributed by atoms with E-state index in [4.69, 9.17) is 9.47 Å². The highest BCUT2D eigenvalue weighted by molar-refractivity contribution is 5.40. The maximum Gasteiger partial charge on any atom is 0.122 e. The molecular formula is C17H24O3. The molecule has 20 heavy (non-hydrogen) atoms. The monoisotopic (exact) mass is 276 g/mol. The maximum absolute atomic E-state index is 10.8. The Morgan fingerprint density at radius 1 is 1.25 bits per heavy atom. The van der Waals surface area contributed by atoms with Crippen LogP contribution in [0.25, 0.3) is 0 Å². The number of rotatable bonds is 2. The normalized spacial score (nSPS) is 27.9. The number of aliphatic hydroxyl groups is 1. The van der Waals surface area contributed by atoms with Gasteiger partial charge >= 0.3 is 0 Å². The summed E-state index contributed by atoms with van der Waals surface area (Å²) in [7, 11) is 0. The summed E-state index contributed by atoms with van der Waals surface area (Å²) in [6, 6.07) is 6.06. The summed E-state index contributed by atoms with van der Waals surface area (Å²) in [4.78, 5) is 0. The molecule has 1 saturated heterocycles. The molecule has 0 aromatic heterocycles. The summed E-state index contributed by atoms with van der Waals surface area (Å²) in [5.74, 6) is 1.07. The average molecular weight is 276 g/mol. The van der Waals surface area contributed by atoms with Crippen molar-refractivity contribution in [3.63, 3.8) is 0 Å². The van der Waals surface area contributed by atoms with Crippen LogP contribution >= 0.6 is 0 Å². The molecule has 0 aliphatic carbocycles. The molecule has 2 aliphatic heterocycles. The number of aliphatic hydroxyl groups excluding tert-OH is 1. The van der Waals surface area contributed by atoms with E-state index < -0.39 is 6.10 Å². The van der Waals surface area contributed by atoms with Crippen molar-refractivity contribution in [1.29, 1.82) is 0 Å². The molecule has 3 rings (SSSR count). The lowest BCUT2D eigenvalue weighted by atomic mass is 9.80. The molecule has 0 radical (unpaired) electrons. The van der Waals surface area contributed by atoms with E-state index in [1.54, 1.807) is 0 Å². The van der Waals surface area contributed by atoms with Crippen molar-refractivity contribution < 1.29 is 14.6 Å². The molecule has 3 heteroatoms. The lowest BCUT2D eigenvalue weighted by molar-refractivity contribution is -0.0880. The van der Waals surface area contributed by atoms with Crippen LogP contribution < -0.4 is 4.74 Å². The average Bonchev–Trinajstić information content (AvgIpc) is 2.88. The van der Waals surface area contributed by atoms with Crippen LogP contribution in [0.5, 0.6) is 5.75 Å². The zero-order valence-electron chi connectivity index (χ0n) is 12.8. The molecule has 0 amide bonds. The summed E-state index contributed by atoms with van der Waals surface area (Å²) in [6.07, 6.45) is 1.32. The fraction of sp³-hybridized carbons (Fsp3) is 0.647. The lowest BCUT2D eigenvalue weighted by Gasteiger charge is -2.30. The molecule has 1 aromatic carbocycles. The Kier molecular flexibility index (Phi) is 3.11.